The number of carbonyl (C=O) groups excluding carboxylic acids is 2. The molecule has 17 heteroatoms. The highest BCUT2D eigenvalue weighted by atomic mass is 32.2. The fourth-order valence-corrected chi connectivity index (χ4v) is 9.29. The molecular formula is C26H36F4O11S2. The molecule has 6 unspecified atom stereocenters. The SMILES string of the molecule is CC1(O)CC2CCCC(COC(=O)C(F)(F)S(=O)(=O)O)(C1)C2C1(C)C=C2CCCC(C(=O)OCC(F)(F)S(=O)(=O)O)(C2)C1. The van der Waals surface area contributed by atoms with Crippen molar-refractivity contribution < 1.29 is 67.7 Å². The van der Waals surface area contributed by atoms with Gasteiger partial charge in [0.15, 0.2) is 6.61 Å². The molecule has 4 bridgehead atoms. The lowest BCUT2D eigenvalue weighted by atomic mass is 9.42. The Morgan fingerprint density at radius 1 is 1.00 bits per heavy atom. The predicted molar refractivity (Wildman–Crippen MR) is 140 cm³/mol. The molecule has 43 heavy (non-hydrogen) atoms. The first kappa shape index (κ1) is 34.1. The third-order valence-electron chi connectivity index (χ3n) is 9.73. The van der Waals surface area contributed by atoms with E-state index in [1.54, 1.807) is 13.8 Å². The number of halogens is 4. The summed E-state index contributed by atoms with van der Waals surface area (Å²) in [6, 6.07) is 0. The van der Waals surface area contributed by atoms with E-state index in [9.17, 15) is 49.1 Å². The molecule has 3 N–H and O–H groups in total. The maximum absolute atomic E-state index is 14.1. The fourth-order valence-electron chi connectivity index (χ4n) is 8.81. The van der Waals surface area contributed by atoms with Crippen LogP contribution in [0.15, 0.2) is 11.6 Å². The Bertz CT molecular complexity index is 1410. The van der Waals surface area contributed by atoms with Gasteiger partial charge in [-0.15, -0.1) is 0 Å². The van der Waals surface area contributed by atoms with Gasteiger partial charge in [-0.1, -0.05) is 25.0 Å². The van der Waals surface area contributed by atoms with E-state index in [4.69, 9.17) is 18.6 Å². The second-order valence-electron chi connectivity index (χ2n) is 13.4. The van der Waals surface area contributed by atoms with Gasteiger partial charge >= 0.3 is 42.7 Å². The molecule has 6 atom stereocenters. The number of ether oxygens (including phenoxy) is 2. The van der Waals surface area contributed by atoms with Crippen molar-refractivity contribution in [1.29, 1.82) is 0 Å². The Kier molecular flexibility index (Phi) is 8.42. The van der Waals surface area contributed by atoms with Crippen LogP contribution in [0.5, 0.6) is 0 Å². The zero-order valence-electron chi connectivity index (χ0n) is 23.7. The second kappa shape index (κ2) is 10.6. The van der Waals surface area contributed by atoms with Crippen LogP contribution in [0.3, 0.4) is 0 Å². The highest BCUT2D eigenvalue weighted by Gasteiger charge is 2.64. The fraction of sp³-hybridized carbons (Fsp3) is 0.846. The molecular weight excluding hydrogens is 628 g/mol. The highest BCUT2D eigenvalue weighted by Crippen LogP contribution is 2.66. The highest BCUT2D eigenvalue weighted by molar-refractivity contribution is 7.87. The van der Waals surface area contributed by atoms with E-state index in [-0.39, 0.29) is 44.4 Å². The van der Waals surface area contributed by atoms with Crippen LogP contribution in [0, 0.1) is 28.1 Å². The second-order valence-corrected chi connectivity index (χ2v) is 16.4. The first-order chi connectivity index (χ1) is 19.4. The number of aliphatic hydroxyl groups is 1. The van der Waals surface area contributed by atoms with E-state index in [1.165, 1.54) is 0 Å². The number of allylic oxidation sites excluding steroid dienone is 2. The van der Waals surface area contributed by atoms with E-state index >= 15 is 0 Å². The molecule has 0 aromatic carbocycles. The number of rotatable bonds is 9. The van der Waals surface area contributed by atoms with Gasteiger partial charge in [-0.05, 0) is 82.0 Å². The van der Waals surface area contributed by atoms with E-state index in [0.717, 1.165) is 5.57 Å². The summed E-state index contributed by atoms with van der Waals surface area (Å²) in [7, 11) is -12.0. The van der Waals surface area contributed by atoms with Gasteiger partial charge in [0.05, 0.1) is 17.6 Å². The Balaban J connectivity index is 1.70. The van der Waals surface area contributed by atoms with E-state index in [0.29, 0.717) is 25.7 Å². The Labute approximate surface area is 246 Å². The average Bonchev–Trinajstić information content (AvgIpc) is 2.82. The third-order valence-corrected chi connectivity index (χ3v) is 11.4. The lowest BCUT2D eigenvalue weighted by Crippen LogP contribution is -2.60. The lowest BCUT2D eigenvalue weighted by Gasteiger charge is -2.63. The summed E-state index contributed by atoms with van der Waals surface area (Å²) in [5.74, 6) is -4.33. The summed E-state index contributed by atoms with van der Waals surface area (Å²) in [6.45, 7) is 0.748. The van der Waals surface area contributed by atoms with Crippen LogP contribution in [0.2, 0.25) is 0 Å². The van der Waals surface area contributed by atoms with Gasteiger partial charge in [0.1, 0.15) is 0 Å². The molecule has 0 aliphatic heterocycles. The number of fused-ring (bicyclic) bond motifs is 4. The quantitative estimate of drug-likeness (QED) is 0.141. The van der Waals surface area contributed by atoms with Crippen LogP contribution in [0.25, 0.3) is 0 Å². The van der Waals surface area contributed by atoms with Gasteiger partial charge in [0, 0.05) is 5.41 Å². The molecule has 0 spiro atoms. The van der Waals surface area contributed by atoms with Crippen molar-refractivity contribution in [2.45, 2.75) is 94.2 Å². The average molecular weight is 665 g/mol. The van der Waals surface area contributed by atoms with Crippen molar-refractivity contribution in [3.63, 3.8) is 0 Å². The number of hydrogen-bond donors (Lipinski definition) is 3. The molecule has 4 aliphatic rings. The first-order valence-electron chi connectivity index (χ1n) is 13.9. The van der Waals surface area contributed by atoms with Crippen molar-refractivity contribution in [1.82, 2.24) is 0 Å². The van der Waals surface area contributed by atoms with E-state index in [1.807, 2.05) is 6.08 Å². The van der Waals surface area contributed by atoms with Gasteiger partial charge in [-0.3, -0.25) is 13.9 Å². The largest absolute Gasteiger partial charge is 0.465 e. The first-order valence-corrected chi connectivity index (χ1v) is 16.7. The minimum absolute atomic E-state index is 0.0251. The summed E-state index contributed by atoms with van der Waals surface area (Å²) in [4.78, 5) is 25.6. The van der Waals surface area contributed by atoms with E-state index < -0.39 is 83.7 Å². The molecule has 3 saturated carbocycles. The smallest absolute Gasteiger partial charge is 0.460 e. The zero-order chi connectivity index (χ0) is 32.5. The molecule has 4 rings (SSSR count). The van der Waals surface area contributed by atoms with Crippen LogP contribution in [0.4, 0.5) is 17.6 Å². The maximum atomic E-state index is 14.1. The number of esters is 2. The molecule has 4 aliphatic carbocycles. The van der Waals surface area contributed by atoms with Gasteiger partial charge in [-0.25, -0.2) is 4.79 Å². The monoisotopic (exact) mass is 664 g/mol. The van der Waals surface area contributed by atoms with Gasteiger partial charge in [0.2, 0.25) is 0 Å². The normalized spacial score (nSPS) is 36.8. The number of carbonyl (C=O) groups is 2. The summed E-state index contributed by atoms with van der Waals surface area (Å²) in [5, 5.41) is 1.20. The third kappa shape index (κ3) is 6.20. The molecule has 0 heterocycles. The van der Waals surface area contributed by atoms with Crippen molar-refractivity contribution in [2.24, 2.45) is 28.1 Å². The molecule has 3 fully saturated rings. The van der Waals surface area contributed by atoms with Crippen molar-refractivity contribution in [2.75, 3.05) is 13.2 Å². The van der Waals surface area contributed by atoms with Gasteiger partial charge in [-0.2, -0.15) is 34.4 Å². The van der Waals surface area contributed by atoms with E-state index in [2.05, 4.69) is 0 Å². The van der Waals surface area contributed by atoms with Crippen LogP contribution >= 0.6 is 0 Å². The summed E-state index contributed by atoms with van der Waals surface area (Å²) < 4.78 is 128. The molecule has 0 aromatic rings. The Morgan fingerprint density at radius 3 is 2.26 bits per heavy atom. The molecule has 11 nitrogen and oxygen atoms in total. The summed E-state index contributed by atoms with van der Waals surface area (Å²) in [6.07, 6.45) is 5.11. The van der Waals surface area contributed by atoms with Crippen LogP contribution in [-0.4, -0.2) is 72.3 Å². The topological polar surface area (TPSA) is 182 Å². The van der Waals surface area contributed by atoms with Crippen LogP contribution in [-0.2, 0) is 39.3 Å². The minimum atomic E-state index is -6.12. The molecule has 0 saturated heterocycles. The van der Waals surface area contributed by atoms with Crippen molar-refractivity contribution in [3.05, 3.63) is 11.6 Å². The zero-order valence-corrected chi connectivity index (χ0v) is 25.3. The lowest BCUT2D eigenvalue weighted by molar-refractivity contribution is -0.197. The van der Waals surface area contributed by atoms with Gasteiger partial charge < -0.3 is 14.6 Å². The van der Waals surface area contributed by atoms with Crippen LogP contribution < -0.4 is 0 Å². The molecule has 0 aromatic heterocycles. The Morgan fingerprint density at radius 2 is 1.65 bits per heavy atom. The van der Waals surface area contributed by atoms with Gasteiger partial charge in [0.25, 0.3) is 0 Å². The molecule has 0 amide bonds. The Hall–Kier alpha value is -1.82. The maximum Gasteiger partial charge on any atom is 0.465 e. The van der Waals surface area contributed by atoms with Crippen molar-refractivity contribution in [3.8, 4) is 0 Å². The standard InChI is InChI=1S/C26H36F4O11S2/c1-21(9-16-5-3-7-23(10-16,12-21)19(31)41-15-25(27,28)42(34,35)36)18-17-6-4-8-24(18,13-22(2,33)11-17)14-40-20(32)26(29,30)43(37,38)39/h9,17-18,33H,3-8,10-15H2,1-2H3,(H,34,35,36)(H,37,38,39). The molecule has 246 valence electrons. The molecule has 0 radical (unpaired) electrons. The number of hydrogen-bond acceptors (Lipinski definition) is 9. The summed E-state index contributed by atoms with van der Waals surface area (Å²) >= 11 is 0. The predicted octanol–water partition coefficient (Wildman–Crippen LogP) is 3.88. The summed E-state index contributed by atoms with van der Waals surface area (Å²) in [5.41, 5.74) is -3.98. The number of alkyl halides is 4. The van der Waals surface area contributed by atoms with Crippen LogP contribution in [0.1, 0.15) is 78.1 Å². The van der Waals surface area contributed by atoms with Crippen molar-refractivity contribution >= 4 is 32.2 Å². The minimum Gasteiger partial charge on any atom is -0.460 e.